The second kappa shape index (κ2) is 7.72. The van der Waals surface area contributed by atoms with E-state index >= 15 is 0 Å². The molecule has 2 unspecified atom stereocenters. The Bertz CT molecular complexity index is 1290. The molecule has 0 aliphatic carbocycles. The highest BCUT2D eigenvalue weighted by atomic mass is 16.2. The maximum absolute atomic E-state index is 13.8. The quantitative estimate of drug-likeness (QED) is 0.621. The molecule has 0 bridgehead atoms. The zero-order chi connectivity index (χ0) is 23.4. The molecular weight excluding hydrogens is 416 g/mol. The summed E-state index contributed by atoms with van der Waals surface area (Å²) in [5.41, 5.74) is 2.75. The largest absolute Gasteiger partial charge is 0.328 e. The molecule has 33 heavy (non-hydrogen) atoms. The first kappa shape index (κ1) is 21.2. The van der Waals surface area contributed by atoms with Gasteiger partial charge in [-0.3, -0.25) is 9.69 Å². The van der Waals surface area contributed by atoms with Crippen molar-refractivity contribution in [3.8, 4) is 0 Å². The van der Waals surface area contributed by atoms with E-state index in [1.165, 1.54) is 4.90 Å². The Hall–Kier alpha value is -3.68. The molecule has 0 radical (unpaired) electrons. The van der Waals surface area contributed by atoms with Crippen LogP contribution in [0.25, 0.3) is 10.8 Å². The Labute approximate surface area is 193 Å². The van der Waals surface area contributed by atoms with Crippen LogP contribution in [-0.2, 0) is 11.3 Å². The summed E-state index contributed by atoms with van der Waals surface area (Å²) >= 11 is 0. The monoisotopic (exact) mass is 444 g/mol. The molecule has 8 nitrogen and oxygen atoms in total. The fourth-order valence-corrected chi connectivity index (χ4v) is 4.92. The van der Waals surface area contributed by atoms with E-state index in [0.29, 0.717) is 5.96 Å². The van der Waals surface area contributed by atoms with Crippen LogP contribution in [0.1, 0.15) is 30.8 Å². The van der Waals surface area contributed by atoms with Crippen molar-refractivity contribution in [2.45, 2.75) is 52.5 Å². The molecule has 3 heterocycles. The summed E-state index contributed by atoms with van der Waals surface area (Å²) in [6, 6.07) is 15.0. The molecule has 1 aromatic heterocycles. The third kappa shape index (κ3) is 3.28. The van der Waals surface area contributed by atoms with E-state index in [1.54, 1.807) is 16.6 Å². The minimum atomic E-state index is -0.596. The fraction of sp³-hybridized carbons (Fsp3) is 0.360. The minimum Gasteiger partial charge on any atom is -0.323 e. The highest BCUT2D eigenvalue weighted by molar-refractivity contribution is 6.04. The van der Waals surface area contributed by atoms with E-state index in [9.17, 15) is 9.59 Å². The number of fused-ring (bicyclic) bond motifs is 2. The zero-order valence-corrected chi connectivity index (χ0v) is 19.6. The molecule has 1 fully saturated rings. The highest BCUT2D eigenvalue weighted by Crippen LogP contribution is 2.32. The number of aliphatic imine (C=N–C) groups is 1. The summed E-state index contributed by atoms with van der Waals surface area (Å²) < 4.78 is 1.77. The number of amides is 3. The number of carbonyl (C=O) groups excluding carboxylic acids is 2. The molecule has 2 aliphatic rings. The van der Waals surface area contributed by atoms with Crippen molar-refractivity contribution in [3.05, 3.63) is 65.5 Å². The van der Waals surface area contributed by atoms with Crippen molar-refractivity contribution in [2.75, 3.05) is 7.05 Å². The van der Waals surface area contributed by atoms with Crippen molar-refractivity contribution in [3.63, 3.8) is 0 Å². The van der Waals surface area contributed by atoms with Gasteiger partial charge < -0.3 is 9.80 Å². The normalized spacial score (nSPS) is 20.8. The van der Waals surface area contributed by atoms with E-state index in [1.807, 2.05) is 81.1 Å². The number of urea groups is 1. The van der Waals surface area contributed by atoms with Crippen LogP contribution >= 0.6 is 0 Å². The van der Waals surface area contributed by atoms with Crippen LogP contribution in [0.2, 0.25) is 0 Å². The number of imide groups is 1. The first-order valence-electron chi connectivity index (χ1n) is 11.2. The van der Waals surface area contributed by atoms with Gasteiger partial charge in [0.05, 0.1) is 12.2 Å². The van der Waals surface area contributed by atoms with Crippen molar-refractivity contribution in [1.29, 1.82) is 0 Å². The second-order valence-corrected chi connectivity index (χ2v) is 9.08. The third-order valence-electron chi connectivity index (χ3n) is 6.47. The first-order chi connectivity index (χ1) is 15.8. The van der Waals surface area contributed by atoms with E-state index in [-0.39, 0.29) is 24.5 Å². The van der Waals surface area contributed by atoms with Crippen LogP contribution in [0, 0.1) is 13.8 Å². The number of hydrogen-bond donors (Lipinski definition) is 0. The summed E-state index contributed by atoms with van der Waals surface area (Å²) in [4.78, 5) is 36.9. The molecule has 5 rings (SSSR count). The molecule has 170 valence electrons. The zero-order valence-electron chi connectivity index (χ0n) is 19.6. The van der Waals surface area contributed by atoms with Crippen molar-refractivity contribution in [2.24, 2.45) is 4.99 Å². The number of benzene rings is 2. The predicted octanol–water partition coefficient (Wildman–Crippen LogP) is 3.37. The molecule has 0 spiro atoms. The highest BCUT2D eigenvalue weighted by Gasteiger charge is 2.53. The molecule has 2 aromatic carbocycles. The number of rotatable bonds is 3. The SMILES string of the molecule is Cc1cc(C)n(C2=NC3C(C(=O)N(Cc4cccc5ccccc45)C(=O)N3C)N2C(C)C)n1. The van der Waals surface area contributed by atoms with Gasteiger partial charge in [-0.1, -0.05) is 42.5 Å². The van der Waals surface area contributed by atoms with Crippen LogP contribution in [-0.4, -0.2) is 67.7 Å². The summed E-state index contributed by atoms with van der Waals surface area (Å²) in [7, 11) is 1.72. The van der Waals surface area contributed by atoms with Gasteiger partial charge in [0.15, 0.2) is 12.2 Å². The van der Waals surface area contributed by atoms with Crippen LogP contribution in [0.15, 0.2) is 53.5 Å². The molecule has 2 aliphatic heterocycles. The second-order valence-electron chi connectivity index (χ2n) is 9.08. The molecule has 2 atom stereocenters. The Kier molecular flexibility index (Phi) is 4.96. The number of aryl methyl sites for hydroxylation is 2. The van der Waals surface area contributed by atoms with E-state index in [2.05, 4.69) is 5.10 Å². The van der Waals surface area contributed by atoms with Gasteiger partial charge in [-0.15, -0.1) is 0 Å². The Morgan fingerprint density at radius 3 is 2.45 bits per heavy atom. The van der Waals surface area contributed by atoms with Crippen LogP contribution in [0.3, 0.4) is 0 Å². The minimum absolute atomic E-state index is 0.00684. The predicted molar refractivity (Wildman–Crippen MR) is 127 cm³/mol. The van der Waals surface area contributed by atoms with Crippen molar-refractivity contribution < 1.29 is 9.59 Å². The molecule has 1 saturated heterocycles. The summed E-state index contributed by atoms with van der Waals surface area (Å²) in [5, 5.41) is 6.71. The Balaban J connectivity index is 1.54. The van der Waals surface area contributed by atoms with Gasteiger partial charge in [-0.2, -0.15) is 5.10 Å². The number of aromatic nitrogens is 2. The Morgan fingerprint density at radius 1 is 1.03 bits per heavy atom. The van der Waals surface area contributed by atoms with Gasteiger partial charge in [0.2, 0.25) is 5.96 Å². The number of nitrogens with zero attached hydrogens (tertiary/aromatic N) is 6. The lowest BCUT2D eigenvalue weighted by Crippen LogP contribution is -2.65. The number of likely N-dealkylation sites (N-methyl/N-ethyl adjacent to an activating group) is 1. The summed E-state index contributed by atoms with van der Waals surface area (Å²) in [6.45, 7) is 8.17. The smallest absolute Gasteiger partial charge is 0.323 e. The fourth-order valence-electron chi connectivity index (χ4n) is 4.92. The molecule has 8 heteroatoms. The summed E-state index contributed by atoms with van der Waals surface area (Å²) in [6.07, 6.45) is -0.588. The van der Waals surface area contributed by atoms with Gasteiger partial charge in [0.25, 0.3) is 5.91 Å². The van der Waals surface area contributed by atoms with Gasteiger partial charge in [0, 0.05) is 18.8 Å². The van der Waals surface area contributed by atoms with E-state index in [0.717, 1.165) is 27.7 Å². The van der Waals surface area contributed by atoms with Gasteiger partial charge in [0.1, 0.15) is 0 Å². The molecule has 3 amide bonds. The number of hydrogen-bond acceptors (Lipinski definition) is 5. The third-order valence-corrected chi connectivity index (χ3v) is 6.47. The maximum atomic E-state index is 13.8. The standard InChI is InChI=1S/C25H28N6O2/c1-15(2)30-21-22(26-24(30)31-17(4)13-16(3)27-31)28(5)25(33)29(23(21)32)14-19-11-8-10-18-9-6-7-12-20(18)19/h6-13,15,21-22H,14H2,1-5H3. The van der Waals surface area contributed by atoms with Crippen molar-refractivity contribution >= 4 is 28.7 Å². The molecular formula is C25H28N6O2. The topological polar surface area (TPSA) is 74.0 Å². The van der Waals surface area contributed by atoms with Crippen LogP contribution < -0.4 is 0 Å². The summed E-state index contributed by atoms with van der Waals surface area (Å²) in [5.74, 6) is 0.371. The van der Waals surface area contributed by atoms with Gasteiger partial charge in [-0.05, 0) is 50.1 Å². The molecule has 3 aromatic rings. The average Bonchev–Trinajstić information content (AvgIpc) is 3.35. The lowest BCUT2D eigenvalue weighted by Gasteiger charge is -2.42. The first-order valence-corrected chi connectivity index (χ1v) is 11.2. The van der Waals surface area contributed by atoms with Gasteiger partial charge in [-0.25, -0.2) is 14.5 Å². The van der Waals surface area contributed by atoms with E-state index < -0.39 is 12.2 Å². The Morgan fingerprint density at radius 2 is 1.76 bits per heavy atom. The molecule has 0 N–H and O–H groups in total. The van der Waals surface area contributed by atoms with E-state index in [4.69, 9.17) is 4.99 Å². The molecule has 0 saturated carbocycles. The lowest BCUT2D eigenvalue weighted by atomic mass is 10.0. The average molecular weight is 445 g/mol. The lowest BCUT2D eigenvalue weighted by molar-refractivity contribution is -0.138. The van der Waals surface area contributed by atoms with Crippen LogP contribution in [0.4, 0.5) is 4.79 Å². The number of carbonyl (C=O) groups is 2. The van der Waals surface area contributed by atoms with Gasteiger partial charge >= 0.3 is 6.03 Å². The van der Waals surface area contributed by atoms with Crippen LogP contribution in [0.5, 0.6) is 0 Å². The van der Waals surface area contributed by atoms with Crippen molar-refractivity contribution in [1.82, 2.24) is 24.5 Å². The maximum Gasteiger partial charge on any atom is 0.328 e.